The molecule has 4 aliphatic rings. The van der Waals surface area contributed by atoms with Crippen molar-refractivity contribution in [2.45, 2.75) is 117 Å². The van der Waals surface area contributed by atoms with E-state index >= 15 is 0 Å². The van der Waals surface area contributed by atoms with Crippen LogP contribution in [0.4, 0.5) is 11.4 Å². The first kappa shape index (κ1) is 49.7. The molecule has 2 saturated carbocycles. The molecule has 2 fully saturated rings. The minimum Gasteiger partial charge on any atom is -1.00 e. The Morgan fingerprint density at radius 1 is 0.776 bits per heavy atom. The number of amides is 1. The van der Waals surface area contributed by atoms with E-state index in [2.05, 4.69) is 48.7 Å². The minimum absolute atomic E-state index is 0. The summed E-state index contributed by atoms with van der Waals surface area (Å²) in [5.74, 6) is 0.537. The number of benzene rings is 4. The SMILES string of the molecule is C.CCCCC(=O)c1ccc2c(c1)N=C(C1CCCCC1)c1ccccc1S2.CON(C)C(=O)c1ccc2c(c1)N=C(Cl)c1ccccc1S2.[CH-]1CCCCC1.[Cl-].[Mg+2]. The second kappa shape index (κ2) is 25.2. The van der Waals surface area contributed by atoms with Crippen LogP contribution in [0.25, 0.3) is 0 Å². The second-order valence-electron chi connectivity index (χ2n) is 14.2. The van der Waals surface area contributed by atoms with Gasteiger partial charge in [0.1, 0.15) is 5.17 Å². The van der Waals surface area contributed by atoms with E-state index < -0.39 is 0 Å². The molecule has 0 saturated heterocycles. The number of hydrogen-bond acceptors (Lipinski definition) is 7. The molecule has 2 heterocycles. The summed E-state index contributed by atoms with van der Waals surface area (Å²) >= 11 is 9.69. The first-order valence-electron chi connectivity index (χ1n) is 19.7. The van der Waals surface area contributed by atoms with Crippen molar-refractivity contribution in [1.82, 2.24) is 5.06 Å². The third-order valence-electron chi connectivity index (χ3n) is 10.3. The second-order valence-corrected chi connectivity index (χ2v) is 16.8. The first-order chi connectivity index (χ1) is 26.9. The summed E-state index contributed by atoms with van der Waals surface area (Å²) in [4.78, 5) is 43.7. The van der Waals surface area contributed by atoms with E-state index in [1.807, 2.05) is 42.5 Å². The van der Waals surface area contributed by atoms with Crippen molar-refractivity contribution in [1.29, 1.82) is 0 Å². The normalized spacial score (nSPS) is 15.2. The van der Waals surface area contributed by atoms with Gasteiger partial charge < -0.3 is 18.8 Å². The Morgan fingerprint density at radius 2 is 1.33 bits per heavy atom. The maximum atomic E-state index is 12.5. The van der Waals surface area contributed by atoms with Gasteiger partial charge in [-0.1, -0.05) is 137 Å². The summed E-state index contributed by atoms with van der Waals surface area (Å²) in [5.41, 5.74) is 6.37. The molecule has 0 atom stereocenters. The van der Waals surface area contributed by atoms with Crippen molar-refractivity contribution >= 4 is 92.1 Å². The standard InChI is InChI=1S/C24H27NOS.C16H13ClN2O2S.C6H11.CH4.ClH.Mg/c1-2-3-12-21(26)18-14-15-23-20(16-18)25-24(17-9-5-4-6-10-17)19-11-7-8-13-22(19)27-23;1-19(21-2)16(20)10-7-8-14-12(9-10)18-15(17)11-5-3-4-6-13(11)22-14;1-2-4-6-5-3-1;;;/h7-8,11,13-17H,2-6,9-10,12H2,1H3;3-9H,1-2H3;1H,2-6H2;1H4;1H;/q;;-1;;;+2/p-1. The fourth-order valence-electron chi connectivity index (χ4n) is 7.11. The largest absolute Gasteiger partial charge is 2.00 e. The van der Waals surface area contributed by atoms with Crippen LogP contribution >= 0.6 is 35.1 Å². The Hall–Kier alpha value is -2.63. The number of hydrogen-bond donors (Lipinski definition) is 0. The van der Waals surface area contributed by atoms with Crippen molar-refractivity contribution in [3.63, 3.8) is 0 Å². The molecule has 11 heteroatoms. The Labute approximate surface area is 382 Å². The van der Waals surface area contributed by atoms with Crippen LogP contribution in [-0.2, 0) is 4.84 Å². The number of halogens is 2. The van der Waals surface area contributed by atoms with E-state index in [-0.39, 0.29) is 54.6 Å². The molecule has 0 spiro atoms. The molecule has 0 aromatic heterocycles. The third-order valence-corrected chi connectivity index (χ3v) is 12.9. The molecule has 2 aliphatic carbocycles. The molecule has 2 aliphatic heterocycles. The van der Waals surface area contributed by atoms with Crippen molar-refractivity contribution in [2.24, 2.45) is 15.9 Å². The molecule has 0 N–H and O–H groups in total. The Kier molecular flexibility index (Phi) is 21.6. The number of nitrogens with zero attached hydrogens (tertiary/aromatic N) is 3. The van der Waals surface area contributed by atoms with Gasteiger partial charge >= 0.3 is 23.1 Å². The van der Waals surface area contributed by atoms with Crippen molar-refractivity contribution in [3.05, 3.63) is 114 Å². The fraction of sp³-hybridized carbons (Fsp3) is 0.383. The van der Waals surface area contributed by atoms with Gasteiger partial charge in [0.2, 0.25) is 0 Å². The van der Waals surface area contributed by atoms with E-state index in [4.69, 9.17) is 21.4 Å². The van der Waals surface area contributed by atoms with Gasteiger partial charge in [0, 0.05) is 61.2 Å². The number of rotatable bonds is 7. The van der Waals surface area contributed by atoms with Crippen molar-refractivity contribution < 1.29 is 26.8 Å². The first-order valence-corrected chi connectivity index (χ1v) is 21.7. The zero-order chi connectivity index (χ0) is 38.6. The van der Waals surface area contributed by atoms with E-state index in [1.54, 1.807) is 42.7 Å². The molecule has 0 bridgehead atoms. The quantitative estimate of drug-likeness (QED) is 0.0801. The fourth-order valence-corrected chi connectivity index (χ4v) is 9.43. The van der Waals surface area contributed by atoms with Crippen LogP contribution in [0.1, 0.15) is 130 Å². The number of Topliss-reactive ketones (excluding diaryl/α,β-unsaturated/α-hetero) is 1. The van der Waals surface area contributed by atoms with Crippen LogP contribution in [0.2, 0.25) is 0 Å². The van der Waals surface area contributed by atoms with Gasteiger partial charge in [-0.15, -0.1) is 0 Å². The number of carbonyl (C=O) groups excluding carboxylic acids is 2. The van der Waals surface area contributed by atoms with Gasteiger partial charge in [0.25, 0.3) is 5.91 Å². The Balaban J connectivity index is 0.000000262. The van der Waals surface area contributed by atoms with Gasteiger partial charge in [-0.25, -0.2) is 10.1 Å². The Bertz CT molecular complexity index is 2020. The molecule has 58 heavy (non-hydrogen) atoms. The van der Waals surface area contributed by atoms with Crippen molar-refractivity contribution in [3.8, 4) is 0 Å². The average Bonchev–Trinajstić information content (AvgIpc) is 3.50. The molecular weight excluding hydrogens is 814 g/mol. The molecule has 4 aromatic rings. The van der Waals surface area contributed by atoms with E-state index in [0.717, 1.165) is 44.3 Å². The van der Waals surface area contributed by atoms with Crippen LogP contribution in [0.3, 0.4) is 0 Å². The summed E-state index contributed by atoms with van der Waals surface area (Å²) in [5, 5.41) is 1.59. The van der Waals surface area contributed by atoms with E-state index in [1.165, 1.54) is 92.6 Å². The van der Waals surface area contributed by atoms with Crippen LogP contribution in [0.15, 0.2) is 114 Å². The van der Waals surface area contributed by atoms with Crippen LogP contribution in [-0.4, -0.2) is 64.8 Å². The number of unbranched alkanes of at least 4 members (excludes halogenated alkanes) is 1. The van der Waals surface area contributed by atoms with Gasteiger partial charge in [-0.05, 0) is 61.7 Å². The van der Waals surface area contributed by atoms with E-state index in [9.17, 15) is 9.59 Å². The number of carbonyl (C=O) groups is 2. The van der Waals surface area contributed by atoms with Crippen LogP contribution < -0.4 is 12.4 Å². The molecule has 0 unspecified atom stereocenters. The van der Waals surface area contributed by atoms with Gasteiger partial charge in [-0.2, -0.15) is 12.8 Å². The minimum atomic E-state index is -0.233. The predicted octanol–water partition coefficient (Wildman–Crippen LogP) is 10.7. The number of aliphatic imine (C=N–C) groups is 2. The average molecular weight is 869 g/mol. The smallest absolute Gasteiger partial charge is 1.00 e. The molecule has 304 valence electrons. The summed E-state index contributed by atoms with van der Waals surface area (Å²) in [6, 6.07) is 27.9. The molecule has 0 radical (unpaired) electrons. The molecular formula is C47H55Cl2MgN3O3S2. The predicted molar refractivity (Wildman–Crippen MR) is 242 cm³/mol. The van der Waals surface area contributed by atoms with Crippen LogP contribution in [0.5, 0.6) is 0 Å². The van der Waals surface area contributed by atoms with Gasteiger partial charge in [0.05, 0.1) is 24.2 Å². The third kappa shape index (κ3) is 13.2. The molecule has 4 aromatic carbocycles. The van der Waals surface area contributed by atoms with Gasteiger partial charge in [-0.3, -0.25) is 19.4 Å². The van der Waals surface area contributed by atoms with Gasteiger partial charge in [0.15, 0.2) is 5.78 Å². The Morgan fingerprint density at radius 3 is 1.91 bits per heavy atom. The number of fused-ring (bicyclic) bond motifs is 4. The summed E-state index contributed by atoms with van der Waals surface area (Å²) < 4.78 is 0. The number of ketones is 1. The van der Waals surface area contributed by atoms with Crippen molar-refractivity contribution in [2.75, 3.05) is 14.2 Å². The topological polar surface area (TPSA) is 71.3 Å². The zero-order valence-electron chi connectivity index (χ0n) is 33.3. The zero-order valence-corrected chi connectivity index (χ0v) is 37.8. The maximum absolute atomic E-state index is 12.5. The molecule has 6 nitrogen and oxygen atoms in total. The maximum Gasteiger partial charge on any atom is 2.00 e. The molecule has 8 rings (SSSR count). The number of hydroxylamine groups is 2. The molecule has 1 amide bonds. The monoisotopic (exact) mass is 867 g/mol. The summed E-state index contributed by atoms with van der Waals surface area (Å²) in [6.45, 7) is 2.12. The summed E-state index contributed by atoms with van der Waals surface area (Å²) in [7, 11) is 3.01. The van der Waals surface area contributed by atoms with Crippen LogP contribution in [0, 0.1) is 12.3 Å². The van der Waals surface area contributed by atoms with E-state index in [0.29, 0.717) is 28.8 Å². The summed E-state index contributed by atoms with van der Waals surface area (Å²) in [6.07, 6.45) is 18.5.